The van der Waals surface area contributed by atoms with Gasteiger partial charge in [-0.2, -0.15) is 0 Å². The number of benzene rings is 2. The van der Waals surface area contributed by atoms with Crippen molar-refractivity contribution in [2.45, 2.75) is 0 Å². The van der Waals surface area contributed by atoms with E-state index in [4.69, 9.17) is 10.5 Å². The molecule has 0 aliphatic carbocycles. The van der Waals surface area contributed by atoms with Crippen molar-refractivity contribution in [1.29, 1.82) is 0 Å². The molecule has 0 saturated carbocycles. The predicted octanol–water partition coefficient (Wildman–Crippen LogP) is 2.85. The normalized spacial score (nSPS) is 10.5. The Hall–Kier alpha value is -3.08. The van der Waals surface area contributed by atoms with Gasteiger partial charge in [0.1, 0.15) is 17.1 Å². The third-order valence-electron chi connectivity index (χ3n) is 3.75. The van der Waals surface area contributed by atoms with Crippen molar-refractivity contribution in [3.05, 3.63) is 54.1 Å². The highest BCUT2D eigenvalue weighted by molar-refractivity contribution is 6.06. The van der Waals surface area contributed by atoms with Crippen LogP contribution in [0.1, 0.15) is 10.4 Å². The maximum atomic E-state index is 12.0. The molecule has 1 amide bonds. The molecule has 5 nitrogen and oxygen atoms in total. The van der Waals surface area contributed by atoms with Crippen molar-refractivity contribution >= 4 is 22.6 Å². The first-order valence-corrected chi connectivity index (χ1v) is 7.20. The molecular formula is C18H17N3O2. The van der Waals surface area contributed by atoms with Crippen molar-refractivity contribution in [2.75, 3.05) is 19.9 Å². The van der Waals surface area contributed by atoms with E-state index in [1.807, 2.05) is 42.5 Å². The van der Waals surface area contributed by atoms with Gasteiger partial charge in [0.15, 0.2) is 0 Å². The zero-order chi connectivity index (χ0) is 16.4. The van der Waals surface area contributed by atoms with Gasteiger partial charge in [0.05, 0.1) is 12.7 Å². The molecule has 0 radical (unpaired) electrons. The molecule has 0 saturated heterocycles. The number of anilines is 1. The Kier molecular flexibility index (Phi) is 3.85. The third kappa shape index (κ3) is 2.57. The smallest absolute Gasteiger partial charge is 0.254 e. The zero-order valence-corrected chi connectivity index (χ0v) is 13.0. The molecule has 2 aromatic carbocycles. The van der Waals surface area contributed by atoms with E-state index in [0.717, 1.165) is 16.5 Å². The van der Waals surface area contributed by atoms with Gasteiger partial charge in [0.2, 0.25) is 0 Å². The number of rotatable bonds is 3. The molecule has 1 heterocycles. The van der Waals surface area contributed by atoms with Gasteiger partial charge in [-0.15, -0.1) is 0 Å². The second-order valence-electron chi connectivity index (χ2n) is 5.08. The third-order valence-corrected chi connectivity index (χ3v) is 3.75. The molecule has 0 bridgehead atoms. The quantitative estimate of drug-likeness (QED) is 0.780. The van der Waals surface area contributed by atoms with Crippen molar-refractivity contribution in [1.82, 2.24) is 10.3 Å². The molecule has 3 N–H and O–H groups in total. The molecule has 0 fully saturated rings. The fourth-order valence-corrected chi connectivity index (χ4v) is 2.60. The van der Waals surface area contributed by atoms with Gasteiger partial charge in [-0.1, -0.05) is 30.3 Å². The van der Waals surface area contributed by atoms with Crippen LogP contribution < -0.4 is 15.8 Å². The van der Waals surface area contributed by atoms with Gasteiger partial charge in [-0.25, -0.2) is 4.98 Å². The van der Waals surface area contributed by atoms with Gasteiger partial charge >= 0.3 is 0 Å². The number of fused-ring (bicyclic) bond motifs is 1. The van der Waals surface area contributed by atoms with Crippen LogP contribution in [0.4, 0.5) is 5.82 Å². The Bertz CT molecular complexity index is 876. The summed E-state index contributed by atoms with van der Waals surface area (Å²) < 4.78 is 5.38. The average molecular weight is 307 g/mol. The predicted molar refractivity (Wildman–Crippen MR) is 91.5 cm³/mol. The zero-order valence-electron chi connectivity index (χ0n) is 13.0. The molecule has 1 aromatic heterocycles. The molecule has 5 heteroatoms. The second kappa shape index (κ2) is 5.96. The lowest BCUT2D eigenvalue weighted by atomic mass is 9.98. The SMILES string of the molecule is CNC(=O)c1cc2c(-c3ccccc3)ccc(OC)c2nc1N. The number of carbonyl (C=O) groups excluding carboxylic acids is 1. The Balaban J connectivity index is 2.36. The molecule has 3 rings (SSSR count). The first-order valence-electron chi connectivity index (χ1n) is 7.20. The van der Waals surface area contributed by atoms with E-state index in [1.165, 1.54) is 0 Å². The van der Waals surface area contributed by atoms with Crippen LogP contribution in [-0.4, -0.2) is 25.0 Å². The summed E-state index contributed by atoms with van der Waals surface area (Å²) in [6, 6.07) is 15.5. The van der Waals surface area contributed by atoms with Crippen LogP contribution in [0, 0.1) is 0 Å². The number of nitrogens with one attached hydrogen (secondary N) is 1. The number of nitrogen functional groups attached to an aromatic ring is 1. The molecule has 0 aliphatic heterocycles. The van der Waals surface area contributed by atoms with Gasteiger partial charge < -0.3 is 15.8 Å². The number of nitrogens with zero attached hydrogens (tertiary/aromatic N) is 1. The van der Waals surface area contributed by atoms with Crippen LogP contribution in [-0.2, 0) is 0 Å². The first-order chi connectivity index (χ1) is 11.2. The Labute approximate surface area is 134 Å². The number of amides is 1. The summed E-state index contributed by atoms with van der Waals surface area (Å²) in [6.45, 7) is 0. The number of ether oxygens (including phenoxy) is 1. The summed E-state index contributed by atoms with van der Waals surface area (Å²) in [6.07, 6.45) is 0. The number of aromatic nitrogens is 1. The molecule has 0 unspecified atom stereocenters. The second-order valence-corrected chi connectivity index (χ2v) is 5.08. The van der Waals surface area contributed by atoms with Gasteiger partial charge in [-0.05, 0) is 29.3 Å². The number of nitrogens with two attached hydrogens (primary N) is 1. The van der Waals surface area contributed by atoms with E-state index in [-0.39, 0.29) is 11.7 Å². The van der Waals surface area contributed by atoms with Crippen LogP contribution in [0.25, 0.3) is 22.0 Å². The summed E-state index contributed by atoms with van der Waals surface area (Å²) in [5.74, 6) is 0.536. The molecule has 116 valence electrons. The maximum Gasteiger partial charge on any atom is 0.254 e. The van der Waals surface area contributed by atoms with Crippen LogP contribution in [0.2, 0.25) is 0 Å². The lowest BCUT2D eigenvalue weighted by Crippen LogP contribution is -2.20. The van der Waals surface area contributed by atoms with E-state index in [1.54, 1.807) is 20.2 Å². The molecular weight excluding hydrogens is 290 g/mol. The van der Waals surface area contributed by atoms with Crippen molar-refractivity contribution in [2.24, 2.45) is 0 Å². The lowest BCUT2D eigenvalue weighted by Gasteiger charge is -2.13. The lowest BCUT2D eigenvalue weighted by molar-refractivity contribution is 0.0964. The maximum absolute atomic E-state index is 12.0. The number of carbonyl (C=O) groups is 1. The molecule has 3 aromatic rings. The van der Waals surface area contributed by atoms with Crippen molar-refractivity contribution in [3.8, 4) is 16.9 Å². The summed E-state index contributed by atoms with van der Waals surface area (Å²) in [5.41, 5.74) is 8.95. The fourth-order valence-electron chi connectivity index (χ4n) is 2.60. The topological polar surface area (TPSA) is 77.2 Å². The van der Waals surface area contributed by atoms with E-state index >= 15 is 0 Å². The number of pyridine rings is 1. The minimum atomic E-state index is -0.265. The summed E-state index contributed by atoms with van der Waals surface area (Å²) in [4.78, 5) is 16.4. The number of hydrogen-bond acceptors (Lipinski definition) is 4. The Morgan fingerprint density at radius 3 is 2.57 bits per heavy atom. The van der Waals surface area contributed by atoms with Crippen LogP contribution in [0.5, 0.6) is 5.75 Å². The van der Waals surface area contributed by atoms with E-state index < -0.39 is 0 Å². The Morgan fingerprint density at radius 2 is 1.91 bits per heavy atom. The number of methoxy groups -OCH3 is 1. The first kappa shape index (κ1) is 14.8. The van der Waals surface area contributed by atoms with Crippen molar-refractivity contribution < 1.29 is 9.53 Å². The minimum Gasteiger partial charge on any atom is -0.494 e. The van der Waals surface area contributed by atoms with E-state index in [9.17, 15) is 4.79 Å². The molecule has 0 aliphatic rings. The highest BCUT2D eigenvalue weighted by atomic mass is 16.5. The van der Waals surface area contributed by atoms with E-state index in [0.29, 0.717) is 16.8 Å². The largest absolute Gasteiger partial charge is 0.494 e. The number of hydrogen-bond donors (Lipinski definition) is 2. The summed E-state index contributed by atoms with van der Waals surface area (Å²) in [5, 5.41) is 3.41. The molecule has 0 atom stereocenters. The van der Waals surface area contributed by atoms with E-state index in [2.05, 4.69) is 10.3 Å². The summed E-state index contributed by atoms with van der Waals surface area (Å²) in [7, 11) is 3.15. The fraction of sp³-hybridized carbons (Fsp3) is 0.111. The summed E-state index contributed by atoms with van der Waals surface area (Å²) >= 11 is 0. The van der Waals surface area contributed by atoms with Crippen LogP contribution >= 0.6 is 0 Å². The van der Waals surface area contributed by atoms with Crippen LogP contribution in [0.3, 0.4) is 0 Å². The van der Waals surface area contributed by atoms with Gasteiger partial charge in [-0.3, -0.25) is 4.79 Å². The Morgan fingerprint density at radius 1 is 1.17 bits per heavy atom. The van der Waals surface area contributed by atoms with Gasteiger partial charge in [0, 0.05) is 12.4 Å². The average Bonchev–Trinajstić information content (AvgIpc) is 2.60. The molecule has 0 spiro atoms. The highest BCUT2D eigenvalue weighted by Gasteiger charge is 2.16. The monoisotopic (exact) mass is 307 g/mol. The molecule has 23 heavy (non-hydrogen) atoms. The highest BCUT2D eigenvalue weighted by Crippen LogP contribution is 2.35. The van der Waals surface area contributed by atoms with Gasteiger partial charge in [0.25, 0.3) is 5.91 Å². The minimum absolute atomic E-state index is 0.181. The standard InChI is InChI=1S/C18H17N3O2/c1-20-18(22)14-10-13-12(11-6-4-3-5-7-11)8-9-15(23-2)16(13)21-17(14)19/h3-10H,1-2H3,(H2,19,21)(H,20,22). The van der Waals surface area contributed by atoms with Crippen molar-refractivity contribution in [3.63, 3.8) is 0 Å². The van der Waals surface area contributed by atoms with Crippen LogP contribution in [0.15, 0.2) is 48.5 Å².